The van der Waals surface area contributed by atoms with Crippen molar-refractivity contribution in [2.75, 3.05) is 20.3 Å². The fourth-order valence-corrected chi connectivity index (χ4v) is 1.58. The Morgan fingerprint density at radius 2 is 2.20 bits per heavy atom. The van der Waals surface area contributed by atoms with Crippen molar-refractivity contribution in [3.63, 3.8) is 0 Å². The molecule has 0 aliphatic carbocycles. The van der Waals surface area contributed by atoms with E-state index >= 15 is 0 Å². The van der Waals surface area contributed by atoms with Crippen molar-refractivity contribution >= 4 is 12.1 Å². The van der Waals surface area contributed by atoms with E-state index in [1.807, 2.05) is 0 Å². The number of β-amino-alcohol motifs (C(OH)–C–C–N with tert-alkyl or cyclic N) is 1. The van der Waals surface area contributed by atoms with E-state index in [0.717, 1.165) is 0 Å². The van der Waals surface area contributed by atoms with E-state index in [0.29, 0.717) is 0 Å². The Hall–Kier alpha value is -1.30. The summed E-state index contributed by atoms with van der Waals surface area (Å²) in [5, 5.41) is 9.37. The summed E-state index contributed by atoms with van der Waals surface area (Å²) in [4.78, 5) is 23.9. The van der Waals surface area contributed by atoms with Gasteiger partial charge in [0.25, 0.3) is 0 Å². The molecule has 0 saturated carbocycles. The molecule has 0 radical (unpaired) electrons. The number of ether oxygens (including phenoxy) is 2. The van der Waals surface area contributed by atoms with Crippen LogP contribution in [0.2, 0.25) is 0 Å². The SMILES string of the molecule is CCOC(=O)N1CC(O)CC1C(=O)OC. The van der Waals surface area contributed by atoms with E-state index in [4.69, 9.17) is 4.74 Å². The maximum Gasteiger partial charge on any atom is 0.410 e. The molecule has 1 rings (SSSR count). The monoisotopic (exact) mass is 217 g/mol. The Bertz CT molecular complexity index is 255. The Balaban J connectivity index is 2.68. The lowest BCUT2D eigenvalue weighted by atomic mass is 10.2. The van der Waals surface area contributed by atoms with Crippen LogP contribution in [0.3, 0.4) is 0 Å². The molecule has 86 valence electrons. The lowest BCUT2D eigenvalue weighted by Crippen LogP contribution is -2.41. The number of carbonyl (C=O) groups excluding carboxylic acids is 2. The molecule has 1 N–H and O–H groups in total. The minimum absolute atomic E-state index is 0.110. The van der Waals surface area contributed by atoms with Crippen LogP contribution in [0.15, 0.2) is 0 Å². The quantitative estimate of drug-likeness (QED) is 0.645. The second-order valence-corrected chi connectivity index (χ2v) is 3.28. The third kappa shape index (κ3) is 2.59. The van der Waals surface area contributed by atoms with Gasteiger partial charge in [-0.1, -0.05) is 0 Å². The fourth-order valence-electron chi connectivity index (χ4n) is 1.58. The number of amides is 1. The number of methoxy groups -OCH3 is 1. The Morgan fingerprint density at radius 3 is 2.73 bits per heavy atom. The third-order valence-corrected chi connectivity index (χ3v) is 2.25. The molecule has 0 bridgehead atoms. The minimum Gasteiger partial charge on any atom is -0.467 e. The predicted octanol–water partition coefficient (Wildman–Crippen LogP) is -0.249. The Morgan fingerprint density at radius 1 is 1.53 bits per heavy atom. The molecule has 0 aromatic rings. The van der Waals surface area contributed by atoms with Crippen molar-refractivity contribution in [1.82, 2.24) is 4.90 Å². The summed E-state index contributed by atoms with van der Waals surface area (Å²) >= 11 is 0. The molecule has 1 aliphatic heterocycles. The second kappa shape index (κ2) is 4.97. The van der Waals surface area contributed by atoms with Crippen molar-refractivity contribution in [2.45, 2.75) is 25.5 Å². The Labute approximate surface area is 87.8 Å². The largest absolute Gasteiger partial charge is 0.467 e. The lowest BCUT2D eigenvalue weighted by Gasteiger charge is -2.21. The normalized spacial score (nSPS) is 25.1. The van der Waals surface area contributed by atoms with Gasteiger partial charge in [-0.3, -0.25) is 4.90 Å². The molecule has 0 aromatic heterocycles. The van der Waals surface area contributed by atoms with E-state index in [1.54, 1.807) is 6.92 Å². The maximum atomic E-state index is 11.4. The number of carbonyl (C=O) groups is 2. The first-order chi connectivity index (χ1) is 7.10. The molecule has 6 nitrogen and oxygen atoms in total. The van der Waals surface area contributed by atoms with Gasteiger partial charge in [0.2, 0.25) is 0 Å². The number of hydrogen-bond donors (Lipinski definition) is 1. The lowest BCUT2D eigenvalue weighted by molar-refractivity contribution is -0.145. The topological polar surface area (TPSA) is 76.1 Å². The van der Waals surface area contributed by atoms with Crippen LogP contribution in [0.1, 0.15) is 13.3 Å². The van der Waals surface area contributed by atoms with Crippen molar-refractivity contribution in [3.8, 4) is 0 Å². The van der Waals surface area contributed by atoms with E-state index in [-0.39, 0.29) is 19.6 Å². The van der Waals surface area contributed by atoms with Crippen molar-refractivity contribution < 1.29 is 24.2 Å². The highest BCUT2D eigenvalue weighted by Gasteiger charge is 2.40. The first-order valence-corrected chi connectivity index (χ1v) is 4.79. The van der Waals surface area contributed by atoms with Crippen LogP contribution in [0.4, 0.5) is 4.79 Å². The summed E-state index contributed by atoms with van der Waals surface area (Å²) in [6.07, 6.45) is -1.09. The molecule has 0 spiro atoms. The summed E-state index contributed by atoms with van der Waals surface area (Å²) in [6, 6.07) is -0.732. The smallest absolute Gasteiger partial charge is 0.410 e. The zero-order chi connectivity index (χ0) is 11.4. The first-order valence-electron chi connectivity index (χ1n) is 4.79. The highest BCUT2D eigenvalue weighted by atomic mass is 16.6. The second-order valence-electron chi connectivity index (χ2n) is 3.28. The molecule has 2 atom stereocenters. The number of esters is 1. The molecule has 1 heterocycles. The van der Waals surface area contributed by atoms with Gasteiger partial charge in [0.1, 0.15) is 6.04 Å². The number of aliphatic hydroxyl groups is 1. The van der Waals surface area contributed by atoms with Crippen molar-refractivity contribution in [1.29, 1.82) is 0 Å². The van der Waals surface area contributed by atoms with Crippen LogP contribution in [0, 0.1) is 0 Å². The standard InChI is InChI=1S/C9H15NO5/c1-3-15-9(13)10-5-6(11)4-7(10)8(12)14-2/h6-7,11H,3-5H2,1-2H3. The van der Waals surface area contributed by atoms with Crippen molar-refractivity contribution in [2.24, 2.45) is 0 Å². The molecular weight excluding hydrogens is 202 g/mol. The highest BCUT2D eigenvalue weighted by Crippen LogP contribution is 2.19. The Kier molecular flexibility index (Phi) is 3.90. The van der Waals surface area contributed by atoms with Crippen molar-refractivity contribution in [3.05, 3.63) is 0 Å². The number of nitrogens with zero attached hydrogens (tertiary/aromatic N) is 1. The zero-order valence-corrected chi connectivity index (χ0v) is 8.80. The van der Waals surface area contributed by atoms with Gasteiger partial charge in [0.05, 0.1) is 26.4 Å². The van der Waals surface area contributed by atoms with Crippen LogP contribution in [0.25, 0.3) is 0 Å². The molecule has 6 heteroatoms. The molecule has 1 amide bonds. The summed E-state index contributed by atoms with van der Waals surface area (Å²) < 4.78 is 9.31. The van der Waals surface area contributed by atoms with Crippen LogP contribution >= 0.6 is 0 Å². The van der Waals surface area contributed by atoms with E-state index in [9.17, 15) is 14.7 Å². The fraction of sp³-hybridized carbons (Fsp3) is 0.778. The van der Waals surface area contributed by atoms with Gasteiger partial charge in [-0.2, -0.15) is 0 Å². The molecular formula is C9H15NO5. The average Bonchev–Trinajstić information content (AvgIpc) is 2.59. The van der Waals surface area contributed by atoms with Gasteiger partial charge in [0, 0.05) is 6.42 Å². The summed E-state index contributed by atoms with van der Waals surface area (Å²) in [7, 11) is 1.25. The molecule has 1 aliphatic rings. The number of aliphatic hydroxyl groups excluding tert-OH is 1. The third-order valence-electron chi connectivity index (χ3n) is 2.25. The summed E-state index contributed by atoms with van der Waals surface area (Å²) in [5.74, 6) is -0.528. The van der Waals surface area contributed by atoms with Gasteiger partial charge < -0.3 is 14.6 Å². The minimum atomic E-state index is -0.732. The van der Waals surface area contributed by atoms with Crippen LogP contribution in [-0.4, -0.2) is 54.5 Å². The number of likely N-dealkylation sites (tertiary alicyclic amines) is 1. The molecule has 2 unspecified atom stereocenters. The van der Waals surface area contributed by atoms with Crippen LogP contribution in [-0.2, 0) is 14.3 Å². The number of rotatable bonds is 2. The van der Waals surface area contributed by atoms with E-state index < -0.39 is 24.2 Å². The summed E-state index contributed by atoms with van der Waals surface area (Å²) in [5.41, 5.74) is 0. The number of hydrogen-bond acceptors (Lipinski definition) is 5. The molecule has 15 heavy (non-hydrogen) atoms. The molecule has 0 aromatic carbocycles. The van der Waals surface area contributed by atoms with Gasteiger partial charge in [-0.05, 0) is 6.92 Å². The first kappa shape index (κ1) is 11.8. The summed E-state index contributed by atoms with van der Waals surface area (Å²) in [6.45, 7) is 2.02. The maximum absolute atomic E-state index is 11.4. The van der Waals surface area contributed by atoms with Crippen LogP contribution in [0.5, 0.6) is 0 Å². The zero-order valence-electron chi connectivity index (χ0n) is 8.80. The average molecular weight is 217 g/mol. The van der Waals surface area contributed by atoms with Gasteiger partial charge in [0.15, 0.2) is 0 Å². The van der Waals surface area contributed by atoms with E-state index in [1.165, 1.54) is 12.0 Å². The molecule has 1 saturated heterocycles. The predicted molar refractivity (Wildman–Crippen MR) is 50.2 cm³/mol. The highest BCUT2D eigenvalue weighted by molar-refractivity contribution is 5.82. The molecule has 1 fully saturated rings. The van der Waals surface area contributed by atoms with E-state index in [2.05, 4.69) is 4.74 Å². The van der Waals surface area contributed by atoms with Gasteiger partial charge >= 0.3 is 12.1 Å². The van der Waals surface area contributed by atoms with Crippen LogP contribution < -0.4 is 0 Å². The van der Waals surface area contributed by atoms with Gasteiger partial charge in [-0.25, -0.2) is 9.59 Å². The van der Waals surface area contributed by atoms with Gasteiger partial charge in [-0.15, -0.1) is 0 Å².